The predicted octanol–water partition coefficient (Wildman–Crippen LogP) is 0.631. The Morgan fingerprint density at radius 2 is 2.24 bits per heavy atom. The van der Waals surface area contributed by atoms with E-state index in [0.29, 0.717) is 11.5 Å². The third kappa shape index (κ3) is 2.51. The molecule has 0 aliphatic heterocycles. The molecule has 2 rings (SSSR count). The number of aromatic nitrogens is 2. The molecule has 2 heterocycles. The van der Waals surface area contributed by atoms with Crippen LogP contribution in [-0.4, -0.2) is 27.2 Å². The maximum Gasteiger partial charge on any atom is 0.371 e. The van der Waals surface area contributed by atoms with Gasteiger partial charge < -0.3 is 14.8 Å². The minimum absolute atomic E-state index is 0.116. The minimum Gasteiger partial charge on any atom is -0.475 e. The number of H-pyrrole nitrogens is 1. The van der Waals surface area contributed by atoms with Crippen LogP contribution in [0.15, 0.2) is 28.8 Å². The van der Waals surface area contributed by atoms with Crippen molar-refractivity contribution >= 4 is 11.9 Å². The smallest absolute Gasteiger partial charge is 0.371 e. The Bertz CT molecular complexity index is 530. The maximum absolute atomic E-state index is 11.5. The second-order valence-corrected chi connectivity index (χ2v) is 3.22. The summed E-state index contributed by atoms with van der Waals surface area (Å²) in [6.07, 6.45) is 1.46. The quantitative estimate of drug-likeness (QED) is 0.720. The molecule has 0 aliphatic rings. The van der Waals surface area contributed by atoms with Gasteiger partial charge in [0.25, 0.3) is 5.91 Å². The lowest BCUT2D eigenvalue weighted by molar-refractivity contribution is 0.0660. The van der Waals surface area contributed by atoms with Crippen molar-refractivity contribution in [3.05, 3.63) is 41.6 Å². The zero-order valence-corrected chi connectivity index (χ0v) is 8.64. The van der Waals surface area contributed by atoms with Crippen molar-refractivity contribution in [3.63, 3.8) is 0 Å². The van der Waals surface area contributed by atoms with Crippen LogP contribution in [-0.2, 0) is 6.54 Å². The molecule has 0 radical (unpaired) electrons. The monoisotopic (exact) mass is 235 g/mol. The van der Waals surface area contributed by atoms with Crippen LogP contribution < -0.4 is 5.32 Å². The van der Waals surface area contributed by atoms with Crippen LogP contribution in [0, 0.1) is 0 Å². The molecule has 2 aromatic rings. The zero-order valence-electron chi connectivity index (χ0n) is 8.64. The van der Waals surface area contributed by atoms with Gasteiger partial charge in [0, 0.05) is 6.20 Å². The summed E-state index contributed by atoms with van der Waals surface area (Å²) in [5, 5.41) is 17.3. The molecule has 0 aliphatic carbocycles. The largest absolute Gasteiger partial charge is 0.475 e. The number of carbonyl (C=O) groups is 2. The standard InChI is InChI=1S/C10H9N3O4/c14-9(7-3-4-12-13-7)11-5-6-1-2-8(17-6)10(15)16/h1-4H,5H2,(H,11,14)(H,12,13)(H,15,16). The lowest BCUT2D eigenvalue weighted by Gasteiger charge is -2.00. The normalized spacial score (nSPS) is 10.1. The number of aromatic amines is 1. The molecule has 0 saturated heterocycles. The van der Waals surface area contributed by atoms with E-state index in [4.69, 9.17) is 9.52 Å². The summed E-state index contributed by atoms with van der Waals surface area (Å²) >= 11 is 0. The number of furan rings is 1. The van der Waals surface area contributed by atoms with Crippen LogP contribution >= 0.6 is 0 Å². The summed E-state index contributed by atoms with van der Waals surface area (Å²) in [5.41, 5.74) is 0.329. The Labute approximate surface area is 95.4 Å². The highest BCUT2D eigenvalue weighted by Crippen LogP contribution is 2.07. The van der Waals surface area contributed by atoms with E-state index in [9.17, 15) is 9.59 Å². The van der Waals surface area contributed by atoms with E-state index in [-0.39, 0.29) is 18.2 Å². The number of carbonyl (C=O) groups excluding carboxylic acids is 1. The maximum atomic E-state index is 11.5. The molecule has 0 atom stereocenters. The average molecular weight is 235 g/mol. The predicted molar refractivity (Wildman–Crippen MR) is 55.4 cm³/mol. The molecule has 0 spiro atoms. The number of rotatable bonds is 4. The first kappa shape index (κ1) is 10.9. The Balaban J connectivity index is 1.93. The first-order valence-corrected chi connectivity index (χ1v) is 4.76. The highest BCUT2D eigenvalue weighted by molar-refractivity contribution is 5.92. The van der Waals surface area contributed by atoms with Gasteiger partial charge in [0.2, 0.25) is 5.76 Å². The van der Waals surface area contributed by atoms with Gasteiger partial charge in [-0.15, -0.1) is 0 Å². The molecule has 0 unspecified atom stereocenters. The van der Waals surface area contributed by atoms with Crippen LogP contribution in [0.2, 0.25) is 0 Å². The highest BCUT2D eigenvalue weighted by Gasteiger charge is 2.10. The second-order valence-electron chi connectivity index (χ2n) is 3.22. The molecule has 17 heavy (non-hydrogen) atoms. The van der Waals surface area contributed by atoms with E-state index in [0.717, 1.165) is 0 Å². The molecule has 7 heteroatoms. The average Bonchev–Trinajstić information content (AvgIpc) is 2.97. The van der Waals surface area contributed by atoms with Crippen molar-refractivity contribution in [3.8, 4) is 0 Å². The molecule has 3 N–H and O–H groups in total. The minimum atomic E-state index is -1.14. The van der Waals surface area contributed by atoms with Gasteiger partial charge in [0.1, 0.15) is 11.5 Å². The molecule has 0 saturated carbocycles. The van der Waals surface area contributed by atoms with Crippen molar-refractivity contribution in [1.29, 1.82) is 0 Å². The van der Waals surface area contributed by atoms with Crippen molar-refractivity contribution in [2.45, 2.75) is 6.54 Å². The first-order chi connectivity index (χ1) is 8.16. The summed E-state index contributed by atoms with van der Waals surface area (Å²) in [7, 11) is 0. The van der Waals surface area contributed by atoms with Crippen molar-refractivity contribution in [2.24, 2.45) is 0 Å². The number of hydrogen-bond acceptors (Lipinski definition) is 4. The Kier molecular flexibility index (Phi) is 2.91. The molecule has 0 bridgehead atoms. The van der Waals surface area contributed by atoms with Gasteiger partial charge in [-0.3, -0.25) is 9.89 Å². The topological polar surface area (TPSA) is 108 Å². The molecule has 0 aromatic carbocycles. The molecular formula is C10H9N3O4. The van der Waals surface area contributed by atoms with E-state index in [1.54, 1.807) is 0 Å². The van der Waals surface area contributed by atoms with Gasteiger partial charge >= 0.3 is 5.97 Å². The summed E-state index contributed by atoms with van der Waals surface area (Å²) in [5.74, 6) is -1.27. The van der Waals surface area contributed by atoms with Gasteiger partial charge in [-0.1, -0.05) is 0 Å². The van der Waals surface area contributed by atoms with Crippen molar-refractivity contribution < 1.29 is 19.1 Å². The van der Waals surface area contributed by atoms with Crippen molar-refractivity contribution in [2.75, 3.05) is 0 Å². The van der Waals surface area contributed by atoms with Gasteiger partial charge in [0.15, 0.2) is 0 Å². The highest BCUT2D eigenvalue weighted by atomic mass is 16.4. The molecule has 88 valence electrons. The zero-order chi connectivity index (χ0) is 12.3. The Morgan fingerprint density at radius 1 is 1.41 bits per heavy atom. The van der Waals surface area contributed by atoms with Crippen molar-refractivity contribution in [1.82, 2.24) is 15.5 Å². The molecule has 7 nitrogen and oxygen atoms in total. The molecular weight excluding hydrogens is 226 g/mol. The van der Waals surface area contributed by atoms with Gasteiger partial charge in [-0.2, -0.15) is 5.10 Å². The fraction of sp³-hybridized carbons (Fsp3) is 0.100. The van der Waals surface area contributed by atoms with E-state index in [2.05, 4.69) is 15.5 Å². The van der Waals surface area contributed by atoms with Gasteiger partial charge in [0.05, 0.1) is 6.54 Å². The van der Waals surface area contributed by atoms with Gasteiger partial charge in [-0.05, 0) is 18.2 Å². The number of aromatic carboxylic acids is 1. The van der Waals surface area contributed by atoms with Crippen LogP contribution in [0.4, 0.5) is 0 Å². The fourth-order valence-electron chi connectivity index (χ4n) is 1.23. The number of amides is 1. The van der Waals surface area contributed by atoms with Crippen LogP contribution in [0.1, 0.15) is 26.8 Å². The summed E-state index contributed by atoms with van der Waals surface area (Å²) in [4.78, 5) is 22.0. The van der Waals surface area contributed by atoms with E-state index in [1.165, 1.54) is 24.4 Å². The van der Waals surface area contributed by atoms with Gasteiger partial charge in [-0.25, -0.2) is 4.79 Å². The lowest BCUT2D eigenvalue weighted by Crippen LogP contribution is -2.22. The Morgan fingerprint density at radius 3 is 2.82 bits per heavy atom. The van der Waals surface area contributed by atoms with Crippen LogP contribution in [0.5, 0.6) is 0 Å². The molecule has 2 aromatic heterocycles. The lowest BCUT2D eigenvalue weighted by atomic mass is 10.4. The summed E-state index contributed by atoms with van der Waals surface area (Å²) in [6.45, 7) is 0.116. The fourth-order valence-corrected chi connectivity index (χ4v) is 1.23. The van der Waals surface area contributed by atoms with E-state index in [1.807, 2.05) is 0 Å². The third-order valence-electron chi connectivity index (χ3n) is 2.04. The Hall–Kier alpha value is -2.57. The summed E-state index contributed by atoms with van der Waals surface area (Å²) < 4.78 is 4.97. The first-order valence-electron chi connectivity index (χ1n) is 4.76. The van der Waals surface area contributed by atoms with E-state index >= 15 is 0 Å². The number of nitrogens with one attached hydrogen (secondary N) is 2. The number of carboxylic acids is 1. The van der Waals surface area contributed by atoms with E-state index < -0.39 is 5.97 Å². The third-order valence-corrected chi connectivity index (χ3v) is 2.04. The molecule has 1 amide bonds. The summed E-state index contributed by atoms with van der Waals surface area (Å²) in [6, 6.07) is 4.36. The number of carboxylic acid groups (broad SMARTS) is 1. The number of hydrogen-bond donors (Lipinski definition) is 3. The van der Waals surface area contributed by atoms with Crippen LogP contribution in [0.25, 0.3) is 0 Å². The SMILES string of the molecule is O=C(NCc1ccc(C(=O)O)o1)c1ccn[nH]1. The second kappa shape index (κ2) is 4.52. The van der Waals surface area contributed by atoms with Crippen LogP contribution in [0.3, 0.4) is 0 Å². The molecule has 0 fully saturated rings. The number of nitrogens with zero attached hydrogens (tertiary/aromatic N) is 1.